The first kappa shape index (κ1) is 17.3. The maximum atomic E-state index is 12.7. The molecule has 0 spiro atoms. The lowest BCUT2D eigenvalue weighted by Gasteiger charge is -2.31. The molecular formula is C19H20ClNO2S. The van der Waals surface area contributed by atoms with Gasteiger partial charge in [-0.25, -0.2) is 0 Å². The van der Waals surface area contributed by atoms with Gasteiger partial charge in [0.05, 0.1) is 4.88 Å². The van der Waals surface area contributed by atoms with Crippen molar-refractivity contribution in [2.45, 2.75) is 26.3 Å². The zero-order chi connectivity index (χ0) is 17.1. The molecule has 2 aromatic rings. The Morgan fingerprint density at radius 3 is 2.71 bits per heavy atom. The highest BCUT2D eigenvalue weighted by atomic mass is 35.5. The van der Waals surface area contributed by atoms with Crippen molar-refractivity contribution >= 4 is 34.5 Å². The van der Waals surface area contributed by atoms with Crippen LogP contribution in [0.1, 0.15) is 45.4 Å². The Hall–Kier alpha value is -1.49. The van der Waals surface area contributed by atoms with Crippen LogP contribution in [-0.2, 0) is 6.54 Å². The van der Waals surface area contributed by atoms with Crippen LogP contribution >= 0.6 is 22.9 Å². The molecule has 1 aliphatic heterocycles. The van der Waals surface area contributed by atoms with E-state index in [1.165, 1.54) is 11.3 Å². The summed E-state index contributed by atoms with van der Waals surface area (Å²) in [6, 6.07) is 9.12. The number of Topliss-reactive ketones (excluding diaryl/α,β-unsaturated/α-hetero) is 2. The molecule has 5 heteroatoms. The summed E-state index contributed by atoms with van der Waals surface area (Å²) in [6.45, 7) is 4.16. The van der Waals surface area contributed by atoms with Gasteiger partial charge in [-0.15, -0.1) is 11.3 Å². The molecule has 1 atom stereocenters. The normalized spacial score (nSPS) is 18.5. The zero-order valence-corrected chi connectivity index (χ0v) is 15.2. The Morgan fingerprint density at radius 1 is 1.29 bits per heavy atom. The average molecular weight is 362 g/mol. The first-order valence-electron chi connectivity index (χ1n) is 8.13. The number of hydrogen-bond acceptors (Lipinski definition) is 4. The number of rotatable bonds is 5. The summed E-state index contributed by atoms with van der Waals surface area (Å²) in [5.41, 5.74) is 1.89. The second kappa shape index (κ2) is 7.60. The lowest BCUT2D eigenvalue weighted by molar-refractivity contribution is 0.0811. The maximum Gasteiger partial charge on any atom is 0.169 e. The van der Waals surface area contributed by atoms with Gasteiger partial charge in [0.25, 0.3) is 0 Å². The van der Waals surface area contributed by atoms with Crippen molar-refractivity contribution in [3.63, 3.8) is 0 Å². The van der Waals surface area contributed by atoms with Gasteiger partial charge >= 0.3 is 0 Å². The molecule has 1 aromatic heterocycles. The standard InChI is InChI=1S/C19H20ClNO2S/c1-13(22)18-9-14(12-24-18)10-21-8-2-3-16(11-21)19(23)15-4-6-17(20)7-5-15/h4-7,9,12,16H,2-3,8,10-11H2,1H3/t16-/m1/s1. The van der Waals surface area contributed by atoms with E-state index in [2.05, 4.69) is 4.90 Å². The number of likely N-dealkylation sites (tertiary alicyclic amines) is 1. The molecule has 0 saturated carbocycles. The molecule has 1 aromatic carbocycles. The molecule has 0 aliphatic carbocycles. The predicted molar refractivity (Wildman–Crippen MR) is 98.1 cm³/mol. The van der Waals surface area contributed by atoms with Gasteiger partial charge in [0.15, 0.2) is 11.6 Å². The maximum absolute atomic E-state index is 12.7. The van der Waals surface area contributed by atoms with E-state index in [0.29, 0.717) is 5.02 Å². The van der Waals surface area contributed by atoms with Crippen LogP contribution in [0.2, 0.25) is 5.02 Å². The molecule has 0 radical (unpaired) electrons. The summed E-state index contributed by atoms with van der Waals surface area (Å²) in [5.74, 6) is 0.345. The van der Waals surface area contributed by atoms with E-state index in [1.54, 1.807) is 19.1 Å². The van der Waals surface area contributed by atoms with E-state index >= 15 is 0 Å². The molecule has 2 heterocycles. The fourth-order valence-electron chi connectivity index (χ4n) is 3.16. The molecule has 0 bridgehead atoms. The largest absolute Gasteiger partial charge is 0.298 e. The van der Waals surface area contributed by atoms with Crippen molar-refractivity contribution < 1.29 is 9.59 Å². The summed E-state index contributed by atoms with van der Waals surface area (Å²) in [5, 5.41) is 2.69. The van der Waals surface area contributed by atoms with Gasteiger partial charge in [-0.3, -0.25) is 14.5 Å². The fraction of sp³-hybridized carbons (Fsp3) is 0.368. The molecule has 1 aliphatic rings. The van der Waals surface area contributed by atoms with Crippen LogP contribution in [0, 0.1) is 5.92 Å². The van der Waals surface area contributed by atoms with Crippen molar-refractivity contribution in [3.8, 4) is 0 Å². The van der Waals surface area contributed by atoms with Crippen molar-refractivity contribution in [1.82, 2.24) is 4.90 Å². The topological polar surface area (TPSA) is 37.4 Å². The highest BCUT2D eigenvalue weighted by molar-refractivity contribution is 7.12. The third-order valence-corrected chi connectivity index (χ3v) is 5.74. The second-order valence-electron chi connectivity index (χ2n) is 6.32. The van der Waals surface area contributed by atoms with Gasteiger partial charge in [-0.1, -0.05) is 11.6 Å². The minimum Gasteiger partial charge on any atom is -0.298 e. The highest BCUT2D eigenvalue weighted by Crippen LogP contribution is 2.24. The van der Waals surface area contributed by atoms with Gasteiger partial charge in [0.2, 0.25) is 0 Å². The number of thiophene rings is 1. The van der Waals surface area contributed by atoms with Crippen LogP contribution in [0.4, 0.5) is 0 Å². The molecule has 0 unspecified atom stereocenters. The van der Waals surface area contributed by atoms with E-state index in [-0.39, 0.29) is 17.5 Å². The van der Waals surface area contributed by atoms with Crippen molar-refractivity contribution in [2.75, 3.05) is 13.1 Å². The first-order valence-corrected chi connectivity index (χ1v) is 9.39. The van der Waals surface area contributed by atoms with Gasteiger partial charge < -0.3 is 0 Å². The van der Waals surface area contributed by atoms with E-state index in [0.717, 1.165) is 48.5 Å². The molecule has 3 nitrogen and oxygen atoms in total. The summed E-state index contributed by atoms with van der Waals surface area (Å²) in [7, 11) is 0. The van der Waals surface area contributed by atoms with Crippen molar-refractivity contribution in [2.24, 2.45) is 5.92 Å². The fourth-order valence-corrected chi connectivity index (χ4v) is 4.10. The van der Waals surface area contributed by atoms with E-state index in [4.69, 9.17) is 11.6 Å². The zero-order valence-electron chi connectivity index (χ0n) is 13.6. The number of carbonyl (C=O) groups is 2. The van der Waals surface area contributed by atoms with E-state index in [9.17, 15) is 9.59 Å². The van der Waals surface area contributed by atoms with Crippen molar-refractivity contribution in [1.29, 1.82) is 0 Å². The number of nitrogens with zero attached hydrogens (tertiary/aromatic N) is 1. The summed E-state index contributed by atoms with van der Waals surface area (Å²) in [6.07, 6.45) is 1.95. The Bertz CT molecular complexity index is 738. The SMILES string of the molecule is CC(=O)c1cc(CN2CCC[C@@H](C(=O)c3ccc(Cl)cc3)C2)cs1. The molecular weight excluding hydrogens is 342 g/mol. The Labute approximate surface area is 151 Å². The second-order valence-corrected chi connectivity index (χ2v) is 7.67. The van der Waals surface area contributed by atoms with Gasteiger partial charge in [0.1, 0.15) is 0 Å². The summed E-state index contributed by atoms with van der Waals surface area (Å²) in [4.78, 5) is 27.2. The van der Waals surface area contributed by atoms with Crippen LogP contribution in [0.25, 0.3) is 0 Å². The number of ketones is 2. The predicted octanol–water partition coefficient (Wildman–Crippen LogP) is 4.70. The summed E-state index contributed by atoms with van der Waals surface area (Å²) < 4.78 is 0. The molecule has 24 heavy (non-hydrogen) atoms. The van der Waals surface area contributed by atoms with Crippen LogP contribution in [0.3, 0.4) is 0 Å². The number of halogens is 1. The Morgan fingerprint density at radius 2 is 2.04 bits per heavy atom. The lowest BCUT2D eigenvalue weighted by atomic mass is 9.90. The molecule has 0 N–H and O–H groups in total. The van der Waals surface area contributed by atoms with Crippen molar-refractivity contribution in [3.05, 3.63) is 56.7 Å². The lowest BCUT2D eigenvalue weighted by Crippen LogP contribution is -2.38. The van der Waals surface area contributed by atoms with Gasteiger partial charge in [-0.2, -0.15) is 0 Å². The minimum atomic E-state index is 0.0332. The number of hydrogen-bond donors (Lipinski definition) is 0. The molecule has 126 valence electrons. The Kier molecular flexibility index (Phi) is 5.49. The quantitative estimate of drug-likeness (QED) is 0.724. The van der Waals surface area contributed by atoms with Crippen LogP contribution in [0.5, 0.6) is 0 Å². The molecule has 0 amide bonds. The van der Waals surface area contributed by atoms with Crippen LogP contribution < -0.4 is 0 Å². The Balaban J connectivity index is 1.64. The minimum absolute atomic E-state index is 0.0332. The molecule has 1 fully saturated rings. The van der Waals surface area contributed by atoms with E-state index < -0.39 is 0 Å². The molecule has 1 saturated heterocycles. The van der Waals surface area contributed by atoms with Gasteiger partial charge in [0, 0.05) is 29.6 Å². The number of benzene rings is 1. The smallest absolute Gasteiger partial charge is 0.169 e. The van der Waals surface area contributed by atoms with E-state index in [1.807, 2.05) is 23.6 Å². The monoisotopic (exact) mass is 361 g/mol. The highest BCUT2D eigenvalue weighted by Gasteiger charge is 2.26. The van der Waals surface area contributed by atoms with Crippen LogP contribution in [-0.4, -0.2) is 29.6 Å². The average Bonchev–Trinajstić information content (AvgIpc) is 3.04. The summed E-state index contributed by atoms with van der Waals surface area (Å²) >= 11 is 7.39. The van der Waals surface area contributed by atoms with Gasteiger partial charge in [-0.05, 0) is 67.6 Å². The number of piperidine rings is 1. The molecule has 3 rings (SSSR count). The van der Waals surface area contributed by atoms with Crippen LogP contribution in [0.15, 0.2) is 35.7 Å². The third-order valence-electron chi connectivity index (χ3n) is 4.41. The number of carbonyl (C=O) groups excluding carboxylic acids is 2. The third kappa shape index (κ3) is 4.12. The first-order chi connectivity index (χ1) is 11.5.